The van der Waals surface area contributed by atoms with Gasteiger partial charge in [-0.3, -0.25) is 0 Å². The van der Waals surface area contributed by atoms with Crippen LogP contribution in [-0.4, -0.2) is 11.2 Å². The second kappa shape index (κ2) is 10.5. The maximum atomic E-state index is 9.36. The fraction of sp³-hybridized carbons (Fsp3) is 1.00. The van der Waals surface area contributed by atoms with Gasteiger partial charge in [0.15, 0.2) is 0 Å². The minimum absolute atomic E-state index is 0.0501. The molecule has 0 spiro atoms. The van der Waals surface area contributed by atoms with Gasteiger partial charge in [0.2, 0.25) is 0 Å². The molecule has 0 heterocycles. The number of hydrogen-bond donors (Lipinski definition) is 1. The highest BCUT2D eigenvalue weighted by Crippen LogP contribution is 2.12. The summed E-state index contributed by atoms with van der Waals surface area (Å²) in [6.07, 6.45) is 11.3. The summed E-state index contributed by atoms with van der Waals surface area (Å²) >= 11 is 0. The summed E-state index contributed by atoms with van der Waals surface area (Å²) in [7, 11) is 0. The molecule has 92 valence electrons. The molecule has 0 radical (unpaired) electrons. The largest absolute Gasteiger partial charge is 0.393 e. The topological polar surface area (TPSA) is 20.2 Å². The van der Waals surface area contributed by atoms with Crippen LogP contribution in [0.4, 0.5) is 0 Å². The van der Waals surface area contributed by atoms with Crippen LogP contribution in [0.3, 0.4) is 0 Å². The molecule has 1 N–H and O–H groups in total. The Hall–Kier alpha value is -0.0400. The number of aliphatic hydroxyl groups excluding tert-OH is 1. The molecule has 0 aliphatic heterocycles. The van der Waals surface area contributed by atoms with Gasteiger partial charge in [0.05, 0.1) is 6.10 Å². The first kappa shape index (κ1) is 15.0. The molecule has 0 rings (SSSR count). The molecular formula is C14H30O. The highest BCUT2D eigenvalue weighted by molar-refractivity contribution is 4.53. The van der Waals surface area contributed by atoms with Crippen LogP contribution >= 0.6 is 0 Å². The van der Waals surface area contributed by atoms with Gasteiger partial charge in [-0.1, -0.05) is 65.7 Å². The normalized spacial score (nSPS) is 13.4. The Morgan fingerprint density at radius 3 is 1.73 bits per heavy atom. The molecule has 0 unspecified atom stereocenters. The Bertz CT molecular complexity index is 121. The zero-order valence-electron chi connectivity index (χ0n) is 11.0. The van der Waals surface area contributed by atoms with E-state index in [2.05, 4.69) is 20.8 Å². The maximum absolute atomic E-state index is 9.36. The molecule has 0 saturated carbocycles. The highest BCUT2D eigenvalue weighted by atomic mass is 16.3. The van der Waals surface area contributed by atoms with Crippen molar-refractivity contribution in [3.05, 3.63) is 0 Å². The zero-order valence-corrected chi connectivity index (χ0v) is 11.0. The lowest BCUT2D eigenvalue weighted by atomic mass is 10.0. The minimum atomic E-state index is -0.0501. The first-order valence-corrected chi connectivity index (χ1v) is 6.84. The summed E-state index contributed by atoms with van der Waals surface area (Å²) in [4.78, 5) is 0. The monoisotopic (exact) mass is 214 g/mol. The summed E-state index contributed by atoms with van der Waals surface area (Å²) in [6.45, 7) is 6.65. The van der Waals surface area contributed by atoms with Crippen molar-refractivity contribution < 1.29 is 5.11 Å². The molecule has 1 nitrogen and oxygen atoms in total. The molecule has 0 aromatic rings. The molecule has 0 amide bonds. The van der Waals surface area contributed by atoms with Gasteiger partial charge in [-0.05, 0) is 18.8 Å². The first-order chi connectivity index (χ1) is 7.16. The van der Waals surface area contributed by atoms with Gasteiger partial charge in [-0.15, -0.1) is 0 Å². The summed E-state index contributed by atoms with van der Waals surface area (Å²) in [5.74, 6) is 0.865. The lowest BCUT2D eigenvalue weighted by Gasteiger charge is -2.07. The molecule has 0 aliphatic carbocycles. The van der Waals surface area contributed by atoms with Crippen molar-refractivity contribution in [2.24, 2.45) is 5.92 Å². The van der Waals surface area contributed by atoms with Gasteiger partial charge in [0.25, 0.3) is 0 Å². The van der Waals surface area contributed by atoms with E-state index in [1.54, 1.807) is 0 Å². The predicted molar refractivity (Wildman–Crippen MR) is 68.1 cm³/mol. The number of aliphatic hydroxyl groups is 1. The highest BCUT2D eigenvalue weighted by Gasteiger charge is 1.99. The van der Waals surface area contributed by atoms with Crippen molar-refractivity contribution in [2.45, 2.75) is 84.7 Å². The third kappa shape index (κ3) is 11.9. The third-order valence-electron chi connectivity index (χ3n) is 3.04. The molecule has 0 aromatic carbocycles. The van der Waals surface area contributed by atoms with Crippen molar-refractivity contribution >= 4 is 0 Å². The van der Waals surface area contributed by atoms with Gasteiger partial charge in [-0.25, -0.2) is 0 Å². The van der Waals surface area contributed by atoms with Crippen molar-refractivity contribution in [3.8, 4) is 0 Å². The molecular weight excluding hydrogens is 184 g/mol. The quantitative estimate of drug-likeness (QED) is 0.530. The van der Waals surface area contributed by atoms with Crippen LogP contribution < -0.4 is 0 Å². The van der Waals surface area contributed by atoms with Crippen molar-refractivity contribution in [1.29, 1.82) is 0 Å². The standard InChI is InChI=1S/C14H30O/c1-4-14(15)12-10-8-6-5-7-9-11-13(2)3/h13-15H,4-12H2,1-3H3/t14-/m1/s1. The van der Waals surface area contributed by atoms with Crippen LogP contribution in [0.25, 0.3) is 0 Å². The zero-order chi connectivity index (χ0) is 11.5. The van der Waals surface area contributed by atoms with E-state index in [1.165, 1.54) is 44.9 Å². The van der Waals surface area contributed by atoms with Crippen LogP contribution in [0.5, 0.6) is 0 Å². The summed E-state index contributed by atoms with van der Waals surface area (Å²) in [5.41, 5.74) is 0. The Morgan fingerprint density at radius 2 is 1.27 bits per heavy atom. The van der Waals surface area contributed by atoms with E-state index < -0.39 is 0 Å². The first-order valence-electron chi connectivity index (χ1n) is 6.84. The van der Waals surface area contributed by atoms with Crippen LogP contribution in [0.2, 0.25) is 0 Å². The smallest absolute Gasteiger partial charge is 0.0537 e. The SMILES string of the molecule is CC[C@@H](O)CCCCCCCCC(C)C. The predicted octanol–water partition coefficient (Wildman–Crippen LogP) is 4.53. The second-order valence-corrected chi connectivity index (χ2v) is 5.15. The second-order valence-electron chi connectivity index (χ2n) is 5.15. The van der Waals surface area contributed by atoms with E-state index in [1.807, 2.05) is 0 Å². The molecule has 1 heteroatoms. The van der Waals surface area contributed by atoms with Crippen molar-refractivity contribution in [3.63, 3.8) is 0 Å². The van der Waals surface area contributed by atoms with E-state index >= 15 is 0 Å². The molecule has 0 saturated heterocycles. The average Bonchev–Trinajstić information content (AvgIpc) is 2.21. The van der Waals surface area contributed by atoms with Gasteiger partial charge < -0.3 is 5.11 Å². The molecule has 0 bridgehead atoms. The van der Waals surface area contributed by atoms with Crippen LogP contribution in [0.1, 0.15) is 78.6 Å². The Morgan fingerprint density at radius 1 is 0.800 bits per heavy atom. The fourth-order valence-corrected chi connectivity index (χ4v) is 1.84. The molecule has 15 heavy (non-hydrogen) atoms. The number of unbranched alkanes of at least 4 members (excludes halogenated alkanes) is 5. The van der Waals surface area contributed by atoms with E-state index in [0.29, 0.717) is 0 Å². The maximum Gasteiger partial charge on any atom is 0.0537 e. The van der Waals surface area contributed by atoms with Gasteiger partial charge in [0.1, 0.15) is 0 Å². The van der Waals surface area contributed by atoms with Crippen LogP contribution in [-0.2, 0) is 0 Å². The third-order valence-corrected chi connectivity index (χ3v) is 3.04. The van der Waals surface area contributed by atoms with Gasteiger partial charge >= 0.3 is 0 Å². The molecule has 0 aliphatic rings. The van der Waals surface area contributed by atoms with E-state index in [-0.39, 0.29) is 6.10 Å². The summed E-state index contributed by atoms with van der Waals surface area (Å²) in [6, 6.07) is 0. The average molecular weight is 214 g/mol. The number of hydrogen-bond acceptors (Lipinski definition) is 1. The van der Waals surface area contributed by atoms with E-state index in [0.717, 1.165) is 18.8 Å². The summed E-state index contributed by atoms with van der Waals surface area (Å²) in [5, 5.41) is 9.36. The minimum Gasteiger partial charge on any atom is -0.393 e. The van der Waals surface area contributed by atoms with Crippen LogP contribution in [0.15, 0.2) is 0 Å². The summed E-state index contributed by atoms with van der Waals surface area (Å²) < 4.78 is 0. The molecule has 1 atom stereocenters. The number of rotatable bonds is 10. The Balaban J connectivity index is 2.99. The van der Waals surface area contributed by atoms with Crippen molar-refractivity contribution in [1.82, 2.24) is 0 Å². The van der Waals surface area contributed by atoms with Gasteiger partial charge in [-0.2, -0.15) is 0 Å². The molecule has 0 fully saturated rings. The lowest BCUT2D eigenvalue weighted by Crippen LogP contribution is -2.03. The molecule has 0 aromatic heterocycles. The Kier molecular flexibility index (Phi) is 10.4. The Labute approximate surface area is 96.3 Å². The fourth-order valence-electron chi connectivity index (χ4n) is 1.84. The van der Waals surface area contributed by atoms with Crippen molar-refractivity contribution in [2.75, 3.05) is 0 Å². The van der Waals surface area contributed by atoms with E-state index in [9.17, 15) is 5.11 Å². The lowest BCUT2D eigenvalue weighted by molar-refractivity contribution is 0.156. The van der Waals surface area contributed by atoms with E-state index in [4.69, 9.17) is 0 Å². The van der Waals surface area contributed by atoms with Gasteiger partial charge in [0, 0.05) is 0 Å². The van der Waals surface area contributed by atoms with Crippen LogP contribution in [0, 0.1) is 5.92 Å².